The van der Waals surface area contributed by atoms with Crippen LogP contribution in [0.2, 0.25) is 0 Å². The molecule has 7 aliphatic heterocycles. The van der Waals surface area contributed by atoms with Gasteiger partial charge in [-0.25, -0.2) is 26.3 Å². The molecule has 3 fully saturated rings. The van der Waals surface area contributed by atoms with Gasteiger partial charge in [-0.3, -0.25) is 47.9 Å². The molecule has 9 atom stereocenters. The maximum atomic E-state index is 13.5. The number of rotatable bonds is 18. The standard InChI is InChI=1S/C17H19NO5S.C14H8F5NO6S.C14H4F5NO5S.C9H4F3NO5S.C7H6F3NO5S/c1-10-8-11(2)15(12(3)9-10)22-24(21)23-18-16(19)13-6-4-5-7-14(13)17(18)20;15-7-8(16)10(18)12(11(19)9(7)17)25-27(23)26-20-13(21)5-3-1-2-4(24-3)6(5)14(20)22;15-7-8(16)10(18)12(11(19)9(7)17)24-26(23)25-20-13(21)5-3-1-2-4-6(5)14(20)22;10-9(11,12)17-19(16)18-13-7(14)5-3-1-2-4-6(5)8(13)15;1-3-4(2)6(13)11(5(3)12)16-17(14)15-7(8,9)10/h8-9H,4-7H2,1-3H3;3-6H,1-2H2;1-4H;1-4H;1-2H3. The Morgan fingerprint density at radius 2 is 0.628 bits per heavy atom. The van der Waals surface area contributed by atoms with Gasteiger partial charge in [-0.15, -0.1) is 73.1 Å². The summed E-state index contributed by atoms with van der Waals surface area (Å²) in [6.07, 6.45) is -7.49. The third-order valence-electron chi connectivity index (χ3n) is 16.1. The Morgan fingerprint density at radius 1 is 0.363 bits per heavy atom. The molecule has 608 valence electrons. The smallest absolute Gasteiger partial charge is 0.378 e. The van der Waals surface area contributed by atoms with Crippen LogP contribution in [0.25, 0.3) is 0 Å². The van der Waals surface area contributed by atoms with Crippen LogP contribution in [-0.2, 0) is 120 Å². The van der Waals surface area contributed by atoms with E-state index in [0.717, 1.165) is 29.5 Å². The van der Waals surface area contributed by atoms with E-state index in [4.69, 9.17) is 13.2 Å². The maximum absolute atomic E-state index is 13.5. The normalized spacial score (nSPS) is 20.3. The van der Waals surface area contributed by atoms with E-state index >= 15 is 0 Å². The molecule has 0 radical (unpaired) electrons. The van der Waals surface area contributed by atoms with Crippen LogP contribution >= 0.6 is 0 Å². The van der Waals surface area contributed by atoms with Gasteiger partial charge in [-0.05, 0) is 109 Å². The summed E-state index contributed by atoms with van der Waals surface area (Å²) in [5, 5.41) is 0.599. The van der Waals surface area contributed by atoms with Crippen LogP contribution in [0.1, 0.15) is 110 Å². The lowest BCUT2D eigenvalue weighted by Gasteiger charge is -2.15. The second-order valence-electron chi connectivity index (χ2n) is 23.2. The van der Waals surface area contributed by atoms with Crippen molar-refractivity contribution in [3.63, 3.8) is 0 Å². The minimum Gasteiger partial charge on any atom is -0.378 e. The molecule has 0 spiro atoms. The van der Waals surface area contributed by atoms with E-state index in [9.17, 15) is 139 Å². The number of halogens is 16. The number of aryl methyl sites for hydroxylation is 3. The van der Waals surface area contributed by atoms with E-state index in [1.54, 1.807) is 0 Å². The zero-order valence-electron chi connectivity index (χ0n) is 56.3. The number of carbonyl (C=O) groups is 10. The van der Waals surface area contributed by atoms with Gasteiger partial charge >= 0.3 is 69.5 Å². The van der Waals surface area contributed by atoms with E-state index < -0.39 is 222 Å². The fourth-order valence-corrected chi connectivity index (χ4v) is 13.9. The molecule has 2 bridgehead atoms. The minimum atomic E-state index is -5.22. The Kier molecular flexibility index (Phi) is 26.8. The molecular formula is C61H41F16N5O26S5. The van der Waals surface area contributed by atoms with Crippen molar-refractivity contribution in [2.24, 2.45) is 11.8 Å². The molecule has 10 amide bonds. The van der Waals surface area contributed by atoms with Crippen molar-refractivity contribution in [2.45, 2.75) is 98.1 Å². The third kappa shape index (κ3) is 18.6. The number of alkyl halides is 6. The lowest BCUT2D eigenvalue weighted by molar-refractivity contribution is -0.276. The Morgan fingerprint density at radius 3 is 0.938 bits per heavy atom. The lowest BCUT2D eigenvalue weighted by Crippen LogP contribution is -2.35. The summed E-state index contributed by atoms with van der Waals surface area (Å²) < 4.78 is 306. The van der Waals surface area contributed by atoms with Gasteiger partial charge in [0, 0.05) is 22.3 Å². The number of fused-ring (bicyclic) bond motifs is 7. The third-order valence-corrected chi connectivity index (χ3v) is 19.0. The highest BCUT2D eigenvalue weighted by atomic mass is 32.2. The molecular weight excluding hydrogens is 1680 g/mol. The predicted molar refractivity (Wildman–Crippen MR) is 334 cm³/mol. The zero-order chi connectivity index (χ0) is 83.8. The van der Waals surface area contributed by atoms with Crippen LogP contribution < -0.4 is 12.5 Å². The largest absolute Gasteiger partial charge is 0.537 e. The van der Waals surface area contributed by atoms with Gasteiger partial charge in [0.15, 0.2) is 0 Å². The number of ether oxygens (including phenoxy) is 1. The number of hydroxylamine groups is 10. The fourth-order valence-electron chi connectivity index (χ4n) is 11.1. The molecule has 1 aliphatic carbocycles. The summed E-state index contributed by atoms with van der Waals surface area (Å²) in [6, 6.07) is 14.6. The number of nitrogens with zero attached hydrogens (tertiary/aromatic N) is 5. The Labute approximate surface area is 632 Å². The van der Waals surface area contributed by atoms with Gasteiger partial charge in [0.05, 0.1) is 46.3 Å². The minimum absolute atomic E-state index is 0.000918. The number of amides is 10. The van der Waals surface area contributed by atoms with Gasteiger partial charge in [0.25, 0.3) is 59.1 Å². The van der Waals surface area contributed by atoms with E-state index in [1.165, 1.54) is 62.4 Å². The van der Waals surface area contributed by atoms with E-state index in [2.05, 4.69) is 33.9 Å². The summed E-state index contributed by atoms with van der Waals surface area (Å²) in [6.45, 7) is 8.19. The van der Waals surface area contributed by atoms with Gasteiger partial charge in [-0.2, -0.15) is 47.0 Å². The van der Waals surface area contributed by atoms with Crippen molar-refractivity contribution in [2.75, 3.05) is 0 Å². The highest BCUT2D eigenvalue weighted by Crippen LogP contribution is 2.49. The fraction of sp³-hybridized carbons (Fsp3) is 0.279. The number of benzene rings is 5. The van der Waals surface area contributed by atoms with Crippen LogP contribution in [-0.4, -0.2) is 130 Å². The lowest BCUT2D eigenvalue weighted by atomic mass is 9.81. The van der Waals surface area contributed by atoms with E-state index in [-0.39, 0.29) is 53.7 Å². The molecule has 5 aromatic rings. The Balaban J connectivity index is 0.000000164. The van der Waals surface area contributed by atoms with Crippen molar-refractivity contribution in [1.29, 1.82) is 0 Å². The average Bonchev–Trinajstić information content (AvgIpc) is 1.57. The quantitative estimate of drug-likeness (QED) is 0.0342. The van der Waals surface area contributed by atoms with Crippen LogP contribution in [0.5, 0.6) is 17.2 Å². The molecule has 0 aromatic heterocycles. The predicted octanol–water partition coefficient (Wildman–Crippen LogP) is 8.81. The first-order valence-electron chi connectivity index (χ1n) is 30.6. The van der Waals surface area contributed by atoms with Gasteiger partial charge < -0.3 is 17.3 Å². The van der Waals surface area contributed by atoms with Crippen LogP contribution in [0.15, 0.2) is 83.0 Å². The van der Waals surface area contributed by atoms with Crippen LogP contribution in [0.4, 0.5) is 70.2 Å². The summed E-state index contributed by atoms with van der Waals surface area (Å²) in [5.41, 5.74) is 3.30. The van der Waals surface area contributed by atoms with Crippen LogP contribution in [0, 0.1) is 90.8 Å². The molecule has 52 heteroatoms. The summed E-state index contributed by atoms with van der Waals surface area (Å²) in [7, 11) is 0. The van der Waals surface area contributed by atoms with Gasteiger partial charge in [0.2, 0.25) is 69.7 Å². The number of carbonyl (C=O) groups excluding carboxylic acids is 10. The summed E-state index contributed by atoms with van der Waals surface area (Å²) in [4.78, 5) is 119. The Bertz CT molecular complexity index is 4840. The van der Waals surface area contributed by atoms with E-state index in [0.29, 0.717) is 47.6 Å². The first kappa shape index (κ1) is 87.0. The van der Waals surface area contributed by atoms with Gasteiger partial charge in [0.1, 0.15) is 5.75 Å². The molecule has 13 rings (SSSR count). The summed E-state index contributed by atoms with van der Waals surface area (Å²) in [5.74, 6) is -37.7. The molecule has 8 aliphatic rings. The zero-order valence-corrected chi connectivity index (χ0v) is 60.3. The molecule has 0 saturated carbocycles. The average molecular weight is 1720 g/mol. The number of hydrogen-bond donors (Lipinski definition) is 0. The van der Waals surface area contributed by atoms with Crippen molar-refractivity contribution in [3.05, 3.63) is 180 Å². The monoisotopic (exact) mass is 1720 g/mol. The Hall–Kier alpha value is -10.0. The molecule has 3 saturated heterocycles. The molecule has 7 heterocycles. The first-order chi connectivity index (χ1) is 52.8. The molecule has 5 aromatic carbocycles. The van der Waals surface area contributed by atoms with Crippen molar-refractivity contribution >= 4 is 116 Å². The highest BCUT2D eigenvalue weighted by Gasteiger charge is 2.64. The second-order valence-corrected chi connectivity index (χ2v) is 26.8. The molecule has 31 nitrogen and oxygen atoms in total. The SMILES string of the molecule is CC1=C(C)C(=O)N(OS(=O)OC(F)(F)F)C1=O.Cc1cc(C)c(OS(=O)ON2C(=O)C3=C(CCCC3)C2=O)c(C)c1.O=C1C2C3CCC(O3)C2C(=O)N1OS(=O)Oc1c(F)c(F)c(F)c(F)c1F.O=C1c2ccccc2C(=O)N1OS(=O)OC(F)(F)F.O=C1c2ccccc2C(=O)N1OS(=O)Oc1c(F)c(F)c(F)c(F)c1F. The number of imide groups is 5. The topological polar surface area (TPSA) is 374 Å². The molecule has 9 unspecified atom stereocenters. The first-order valence-corrected chi connectivity index (χ1v) is 35.6. The van der Waals surface area contributed by atoms with Crippen molar-refractivity contribution in [1.82, 2.24) is 25.3 Å². The summed E-state index contributed by atoms with van der Waals surface area (Å²) >= 11 is -15.5. The van der Waals surface area contributed by atoms with Crippen molar-refractivity contribution in [3.8, 4) is 17.2 Å². The second kappa shape index (κ2) is 34.8. The van der Waals surface area contributed by atoms with Gasteiger partial charge in [-0.1, -0.05) is 42.0 Å². The maximum Gasteiger partial charge on any atom is 0.537 e. The molecule has 0 N–H and O–H groups in total. The number of hydrogen-bond acceptors (Lipinski definition) is 26. The van der Waals surface area contributed by atoms with Crippen molar-refractivity contribution < 1.29 is 186 Å². The molecule has 113 heavy (non-hydrogen) atoms. The van der Waals surface area contributed by atoms with Crippen LogP contribution in [0.3, 0.4) is 0 Å². The highest BCUT2D eigenvalue weighted by molar-refractivity contribution is 7.76. The van der Waals surface area contributed by atoms with E-state index in [1.807, 2.05) is 32.9 Å².